The van der Waals surface area contributed by atoms with Gasteiger partial charge in [-0.05, 0) is 46.6 Å². The van der Waals surface area contributed by atoms with Gasteiger partial charge in [-0.25, -0.2) is 0 Å². The summed E-state index contributed by atoms with van der Waals surface area (Å²) in [5.74, 6) is -0.259. The molecule has 4 nitrogen and oxygen atoms in total. The van der Waals surface area contributed by atoms with Crippen molar-refractivity contribution in [3.8, 4) is 5.75 Å². The first-order valence-electron chi connectivity index (χ1n) is 6.95. The van der Waals surface area contributed by atoms with Crippen LogP contribution in [0.1, 0.15) is 12.5 Å². The van der Waals surface area contributed by atoms with Crippen LogP contribution >= 0.6 is 27.5 Å². The number of anilines is 1. The van der Waals surface area contributed by atoms with Crippen molar-refractivity contribution in [2.45, 2.75) is 18.7 Å². The Morgan fingerprint density at radius 1 is 1.22 bits per heavy atom. The molecule has 23 heavy (non-hydrogen) atoms. The lowest BCUT2D eigenvalue weighted by molar-refractivity contribution is -0.133. The van der Waals surface area contributed by atoms with Gasteiger partial charge in [0, 0.05) is 4.47 Å². The fourth-order valence-electron chi connectivity index (χ4n) is 1.82. The molecule has 0 bridgehead atoms. The fraction of sp³-hybridized carbons (Fsp3) is 0.176. The van der Waals surface area contributed by atoms with E-state index in [4.69, 9.17) is 16.3 Å². The van der Waals surface area contributed by atoms with Gasteiger partial charge in [-0.3, -0.25) is 9.59 Å². The Kier molecular flexibility index (Phi) is 6.19. The van der Waals surface area contributed by atoms with Gasteiger partial charge in [0.25, 0.3) is 0 Å². The van der Waals surface area contributed by atoms with Gasteiger partial charge < -0.3 is 10.1 Å². The summed E-state index contributed by atoms with van der Waals surface area (Å²) in [6.45, 7) is 1.59. The average molecular weight is 397 g/mol. The molecule has 2 aromatic rings. The molecule has 0 saturated carbocycles. The maximum absolute atomic E-state index is 11.9. The highest BCUT2D eigenvalue weighted by molar-refractivity contribution is 9.10. The fourth-order valence-corrected chi connectivity index (χ4v) is 2.33. The second kappa shape index (κ2) is 8.13. The van der Waals surface area contributed by atoms with E-state index >= 15 is 0 Å². The van der Waals surface area contributed by atoms with Gasteiger partial charge in [-0.15, -0.1) is 11.6 Å². The maximum atomic E-state index is 11.9. The number of benzene rings is 2. The van der Waals surface area contributed by atoms with Crippen molar-refractivity contribution < 1.29 is 14.3 Å². The van der Waals surface area contributed by atoms with E-state index in [0.29, 0.717) is 15.9 Å². The summed E-state index contributed by atoms with van der Waals surface area (Å²) >= 11 is 9.04. The molecule has 0 fully saturated rings. The predicted octanol–water partition coefficient (Wildman–Crippen LogP) is 4.16. The molecule has 2 aromatic carbocycles. The molecule has 1 unspecified atom stereocenters. The lowest BCUT2D eigenvalue weighted by Gasteiger charge is -2.10. The third kappa shape index (κ3) is 5.37. The summed E-state index contributed by atoms with van der Waals surface area (Å²) in [5.41, 5.74) is 1.45. The van der Waals surface area contributed by atoms with Crippen LogP contribution < -0.4 is 10.1 Å². The highest BCUT2D eigenvalue weighted by Gasteiger charge is 2.12. The van der Waals surface area contributed by atoms with Crippen molar-refractivity contribution >= 4 is 45.1 Å². The molecule has 6 heteroatoms. The Bertz CT molecular complexity index is 704. The normalized spacial score (nSPS) is 11.6. The minimum absolute atomic E-state index is 0.195. The molecule has 0 spiro atoms. The van der Waals surface area contributed by atoms with Crippen LogP contribution in [0, 0.1) is 0 Å². The molecule has 1 amide bonds. The number of esters is 1. The molecule has 1 N–H and O–H groups in total. The molecule has 0 radical (unpaired) electrons. The Morgan fingerprint density at radius 3 is 2.52 bits per heavy atom. The summed E-state index contributed by atoms with van der Waals surface area (Å²) in [7, 11) is 0. The maximum Gasteiger partial charge on any atom is 0.315 e. The van der Waals surface area contributed by atoms with Crippen LogP contribution in [0.25, 0.3) is 0 Å². The van der Waals surface area contributed by atoms with Crippen LogP contribution in [0.4, 0.5) is 5.69 Å². The van der Waals surface area contributed by atoms with Crippen molar-refractivity contribution in [1.82, 2.24) is 0 Å². The molecule has 2 rings (SSSR count). The number of carbonyl (C=O) groups is 2. The van der Waals surface area contributed by atoms with Gasteiger partial charge in [-0.2, -0.15) is 0 Å². The highest BCUT2D eigenvalue weighted by atomic mass is 79.9. The van der Waals surface area contributed by atoms with Crippen LogP contribution in [0.3, 0.4) is 0 Å². The number of alkyl halides is 1. The summed E-state index contributed by atoms with van der Waals surface area (Å²) in [6.07, 6.45) is 0.195. The van der Waals surface area contributed by atoms with Crippen LogP contribution in [0.15, 0.2) is 53.0 Å². The summed E-state index contributed by atoms with van der Waals surface area (Å²) in [4.78, 5) is 23.5. The first kappa shape index (κ1) is 17.5. The third-order valence-electron chi connectivity index (χ3n) is 2.98. The zero-order valence-corrected chi connectivity index (χ0v) is 14.7. The number of carbonyl (C=O) groups excluding carboxylic acids is 2. The van der Waals surface area contributed by atoms with Crippen LogP contribution in [-0.2, 0) is 16.0 Å². The van der Waals surface area contributed by atoms with Crippen molar-refractivity contribution in [3.05, 3.63) is 58.6 Å². The van der Waals surface area contributed by atoms with Gasteiger partial charge in [0.15, 0.2) is 0 Å². The highest BCUT2D eigenvalue weighted by Crippen LogP contribution is 2.27. The lowest BCUT2D eigenvalue weighted by Crippen LogP contribution is -2.20. The molecule has 0 aliphatic carbocycles. The molecule has 120 valence electrons. The predicted molar refractivity (Wildman–Crippen MR) is 93.9 cm³/mol. The Hall–Kier alpha value is -1.85. The Labute approximate surface area is 147 Å². The number of amides is 1. The van der Waals surface area contributed by atoms with Gasteiger partial charge in [0.05, 0.1) is 12.1 Å². The molecule has 1 atom stereocenters. The SMILES string of the molecule is CC(Cl)C(=O)Nc1ccc(OC(=O)Cc2ccccc2)cc1Br. The zero-order valence-electron chi connectivity index (χ0n) is 12.4. The van der Waals surface area contributed by atoms with Crippen molar-refractivity contribution in [2.24, 2.45) is 0 Å². The molecule has 0 aromatic heterocycles. The molecular formula is C17H15BrClNO3. The molecular weight excluding hydrogens is 382 g/mol. The summed E-state index contributed by atoms with van der Waals surface area (Å²) < 4.78 is 5.90. The summed E-state index contributed by atoms with van der Waals surface area (Å²) in [6, 6.07) is 14.2. The van der Waals surface area contributed by atoms with Crippen LogP contribution in [0.2, 0.25) is 0 Å². The molecule has 0 saturated heterocycles. The molecule has 0 aliphatic heterocycles. The van der Waals surface area contributed by atoms with Crippen LogP contribution in [-0.4, -0.2) is 17.3 Å². The van der Waals surface area contributed by atoms with Gasteiger partial charge >= 0.3 is 5.97 Å². The van der Waals surface area contributed by atoms with E-state index in [-0.39, 0.29) is 18.3 Å². The van der Waals surface area contributed by atoms with E-state index in [2.05, 4.69) is 21.2 Å². The second-order valence-electron chi connectivity index (χ2n) is 4.88. The monoisotopic (exact) mass is 395 g/mol. The van der Waals surface area contributed by atoms with E-state index in [1.54, 1.807) is 25.1 Å². The number of halogens is 2. The van der Waals surface area contributed by atoms with E-state index in [1.807, 2.05) is 30.3 Å². The Morgan fingerprint density at radius 2 is 1.91 bits per heavy atom. The average Bonchev–Trinajstić information content (AvgIpc) is 2.50. The summed E-state index contributed by atoms with van der Waals surface area (Å²) in [5, 5.41) is 2.04. The van der Waals surface area contributed by atoms with Gasteiger partial charge in [-0.1, -0.05) is 30.3 Å². The largest absolute Gasteiger partial charge is 0.426 e. The third-order valence-corrected chi connectivity index (χ3v) is 3.84. The van der Waals surface area contributed by atoms with Gasteiger partial charge in [0.2, 0.25) is 5.91 Å². The zero-order chi connectivity index (χ0) is 16.8. The first-order valence-corrected chi connectivity index (χ1v) is 8.17. The first-order chi connectivity index (χ1) is 11.0. The van der Waals surface area contributed by atoms with Crippen molar-refractivity contribution in [1.29, 1.82) is 0 Å². The quantitative estimate of drug-likeness (QED) is 0.469. The number of hydrogen-bond donors (Lipinski definition) is 1. The van der Waals surface area contributed by atoms with E-state index in [1.165, 1.54) is 0 Å². The molecule has 0 aliphatic rings. The van der Waals surface area contributed by atoms with E-state index < -0.39 is 5.38 Å². The van der Waals surface area contributed by atoms with E-state index in [0.717, 1.165) is 5.56 Å². The Balaban J connectivity index is 2.00. The van der Waals surface area contributed by atoms with Gasteiger partial charge in [0.1, 0.15) is 11.1 Å². The smallest absolute Gasteiger partial charge is 0.315 e. The molecule has 0 heterocycles. The van der Waals surface area contributed by atoms with Crippen molar-refractivity contribution in [3.63, 3.8) is 0 Å². The minimum Gasteiger partial charge on any atom is -0.426 e. The minimum atomic E-state index is -0.634. The lowest BCUT2D eigenvalue weighted by atomic mass is 10.2. The number of rotatable bonds is 5. The standard InChI is InChI=1S/C17H15BrClNO3/c1-11(19)17(22)20-15-8-7-13(10-14(15)18)23-16(21)9-12-5-3-2-4-6-12/h2-8,10-11H,9H2,1H3,(H,20,22). The topological polar surface area (TPSA) is 55.4 Å². The van der Waals surface area contributed by atoms with Crippen LogP contribution in [0.5, 0.6) is 5.75 Å². The van der Waals surface area contributed by atoms with E-state index in [9.17, 15) is 9.59 Å². The number of nitrogens with one attached hydrogen (secondary N) is 1. The number of ether oxygens (including phenoxy) is 1. The van der Waals surface area contributed by atoms with Crippen molar-refractivity contribution in [2.75, 3.05) is 5.32 Å². The second-order valence-corrected chi connectivity index (χ2v) is 6.39. The number of hydrogen-bond acceptors (Lipinski definition) is 3.